The molecular weight excluding hydrogens is 309 g/mol. The summed E-state index contributed by atoms with van der Waals surface area (Å²) in [4.78, 5) is 27.8. The van der Waals surface area contributed by atoms with Crippen molar-refractivity contribution in [3.05, 3.63) is 41.7 Å². The van der Waals surface area contributed by atoms with Crippen LogP contribution in [0, 0.1) is 5.82 Å². The second-order valence-electron chi connectivity index (χ2n) is 6.33. The molecule has 2 aliphatic rings. The molecule has 0 unspecified atom stereocenters. The van der Waals surface area contributed by atoms with Crippen LogP contribution in [0.1, 0.15) is 18.4 Å². The first kappa shape index (κ1) is 16.6. The van der Waals surface area contributed by atoms with Crippen LogP contribution in [-0.4, -0.2) is 60.4 Å². The minimum absolute atomic E-state index is 0.0725. The fraction of sp³-hybridized carbons (Fsp3) is 0.444. The maximum atomic E-state index is 13.1. The SMILES string of the molecule is O=C(CN1CCN(C(=O)/C=C/c2cccc(F)c2)CC1)NC1CC1. The van der Waals surface area contributed by atoms with Gasteiger partial charge in [0.1, 0.15) is 5.82 Å². The molecule has 0 spiro atoms. The summed E-state index contributed by atoms with van der Waals surface area (Å²) < 4.78 is 13.1. The van der Waals surface area contributed by atoms with Crippen molar-refractivity contribution < 1.29 is 14.0 Å². The number of piperazine rings is 1. The van der Waals surface area contributed by atoms with E-state index in [1.54, 1.807) is 23.1 Å². The van der Waals surface area contributed by atoms with Crippen LogP contribution in [0.3, 0.4) is 0 Å². The molecule has 3 rings (SSSR count). The van der Waals surface area contributed by atoms with E-state index in [9.17, 15) is 14.0 Å². The maximum absolute atomic E-state index is 13.1. The maximum Gasteiger partial charge on any atom is 0.246 e. The summed E-state index contributed by atoms with van der Waals surface area (Å²) in [5, 5.41) is 2.98. The second kappa shape index (κ2) is 7.57. The molecule has 0 atom stereocenters. The summed E-state index contributed by atoms with van der Waals surface area (Å²) in [6.45, 7) is 2.99. The predicted molar refractivity (Wildman–Crippen MR) is 89.6 cm³/mol. The lowest BCUT2D eigenvalue weighted by atomic mass is 10.2. The first-order valence-electron chi connectivity index (χ1n) is 8.34. The van der Waals surface area contributed by atoms with E-state index >= 15 is 0 Å². The smallest absolute Gasteiger partial charge is 0.246 e. The van der Waals surface area contributed by atoms with Gasteiger partial charge in [-0.1, -0.05) is 12.1 Å². The van der Waals surface area contributed by atoms with Crippen molar-refractivity contribution in [1.82, 2.24) is 15.1 Å². The summed E-state index contributed by atoms with van der Waals surface area (Å²) in [6, 6.07) is 6.51. The van der Waals surface area contributed by atoms with Gasteiger partial charge in [0.15, 0.2) is 0 Å². The molecule has 1 aliphatic heterocycles. The van der Waals surface area contributed by atoms with E-state index in [0.717, 1.165) is 12.8 Å². The molecule has 0 bridgehead atoms. The second-order valence-corrected chi connectivity index (χ2v) is 6.33. The molecule has 5 nitrogen and oxygen atoms in total. The molecule has 1 aromatic carbocycles. The van der Waals surface area contributed by atoms with E-state index in [-0.39, 0.29) is 17.6 Å². The average molecular weight is 331 g/mol. The molecule has 1 heterocycles. The number of halogens is 1. The Morgan fingerprint density at radius 1 is 1.21 bits per heavy atom. The summed E-state index contributed by atoms with van der Waals surface area (Å²) in [7, 11) is 0. The van der Waals surface area contributed by atoms with Gasteiger partial charge in [-0.05, 0) is 36.6 Å². The van der Waals surface area contributed by atoms with Crippen LogP contribution in [0.25, 0.3) is 6.08 Å². The van der Waals surface area contributed by atoms with Gasteiger partial charge in [-0.3, -0.25) is 14.5 Å². The molecule has 128 valence electrons. The van der Waals surface area contributed by atoms with Gasteiger partial charge in [0.25, 0.3) is 0 Å². The van der Waals surface area contributed by atoms with Crippen molar-refractivity contribution >= 4 is 17.9 Å². The molecule has 1 saturated carbocycles. The van der Waals surface area contributed by atoms with Crippen molar-refractivity contribution in [2.45, 2.75) is 18.9 Å². The molecule has 0 radical (unpaired) electrons. The van der Waals surface area contributed by atoms with Crippen LogP contribution in [0.5, 0.6) is 0 Å². The van der Waals surface area contributed by atoms with Crippen molar-refractivity contribution in [1.29, 1.82) is 0 Å². The van der Waals surface area contributed by atoms with Crippen LogP contribution < -0.4 is 5.32 Å². The van der Waals surface area contributed by atoms with Crippen molar-refractivity contribution in [2.24, 2.45) is 0 Å². The van der Waals surface area contributed by atoms with Gasteiger partial charge in [-0.25, -0.2) is 4.39 Å². The average Bonchev–Trinajstić information content (AvgIpc) is 3.37. The normalized spacial score (nSPS) is 18.8. The van der Waals surface area contributed by atoms with E-state index in [1.165, 1.54) is 18.2 Å². The summed E-state index contributed by atoms with van der Waals surface area (Å²) in [6.07, 6.45) is 5.28. The molecule has 0 aromatic heterocycles. The number of hydrogen-bond donors (Lipinski definition) is 1. The number of carbonyl (C=O) groups excluding carboxylic acids is 2. The zero-order chi connectivity index (χ0) is 16.9. The van der Waals surface area contributed by atoms with E-state index < -0.39 is 0 Å². The van der Waals surface area contributed by atoms with Gasteiger partial charge in [0, 0.05) is 38.3 Å². The number of carbonyl (C=O) groups is 2. The molecule has 1 saturated heterocycles. The molecule has 2 amide bonds. The Bertz CT molecular complexity index is 635. The third-order valence-corrected chi connectivity index (χ3v) is 4.26. The van der Waals surface area contributed by atoms with Gasteiger partial charge in [-0.2, -0.15) is 0 Å². The van der Waals surface area contributed by atoms with E-state index in [1.807, 2.05) is 0 Å². The Kier molecular flexibility index (Phi) is 5.25. The Labute approximate surface area is 141 Å². The number of rotatable bonds is 5. The zero-order valence-corrected chi connectivity index (χ0v) is 13.6. The highest BCUT2D eigenvalue weighted by atomic mass is 19.1. The number of nitrogens with one attached hydrogen (secondary N) is 1. The van der Waals surface area contributed by atoms with Gasteiger partial charge in [0.2, 0.25) is 11.8 Å². The Morgan fingerprint density at radius 3 is 2.62 bits per heavy atom. The van der Waals surface area contributed by atoms with Gasteiger partial charge in [-0.15, -0.1) is 0 Å². The van der Waals surface area contributed by atoms with E-state index in [2.05, 4.69) is 10.2 Å². The highest BCUT2D eigenvalue weighted by Gasteiger charge is 2.25. The first-order chi connectivity index (χ1) is 11.6. The number of amides is 2. The predicted octanol–water partition coefficient (Wildman–Crippen LogP) is 1.26. The molecular formula is C18H22FN3O2. The van der Waals surface area contributed by atoms with Crippen molar-refractivity contribution in [2.75, 3.05) is 32.7 Å². The molecule has 24 heavy (non-hydrogen) atoms. The fourth-order valence-electron chi connectivity index (χ4n) is 2.71. The topological polar surface area (TPSA) is 52.7 Å². The number of nitrogens with zero attached hydrogens (tertiary/aromatic N) is 2. The van der Waals surface area contributed by atoms with Crippen LogP contribution in [0.15, 0.2) is 30.3 Å². The molecule has 6 heteroatoms. The highest BCUT2D eigenvalue weighted by molar-refractivity contribution is 5.91. The third-order valence-electron chi connectivity index (χ3n) is 4.26. The van der Waals surface area contributed by atoms with Gasteiger partial charge >= 0.3 is 0 Å². The minimum Gasteiger partial charge on any atom is -0.352 e. The molecule has 2 fully saturated rings. The van der Waals surface area contributed by atoms with Gasteiger partial charge < -0.3 is 10.2 Å². The molecule has 1 N–H and O–H groups in total. The summed E-state index contributed by atoms with van der Waals surface area (Å²) >= 11 is 0. The quantitative estimate of drug-likeness (QED) is 0.827. The lowest BCUT2D eigenvalue weighted by molar-refractivity contribution is -0.128. The highest BCUT2D eigenvalue weighted by Crippen LogP contribution is 2.18. The third kappa shape index (κ3) is 4.89. The van der Waals surface area contributed by atoms with Crippen molar-refractivity contribution in [3.8, 4) is 0 Å². The Hall–Kier alpha value is -2.21. The summed E-state index contributed by atoms with van der Waals surface area (Å²) in [5.41, 5.74) is 0.665. The fourth-order valence-corrected chi connectivity index (χ4v) is 2.71. The van der Waals surface area contributed by atoms with Crippen LogP contribution in [0.4, 0.5) is 4.39 Å². The Morgan fingerprint density at radius 2 is 1.96 bits per heavy atom. The molecule has 1 aliphatic carbocycles. The first-order valence-corrected chi connectivity index (χ1v) is 8.34. The number of benzene rings is 1. The minimum atomic E-state index is -0.317. The lowest BCUT2D eigenvalue weighted by Crippen LogP contribution is -2.51. The lowest BCUT2D eigenvalue weighted by Gasteiger charge is -2.33. The summed E-state index contributed by atoms with van der Waals surface area (Å²) in [5.74, 6) is -0.327. The number of hydrogen-bond acceptors (Lipinski definition) is 3. The van der Waals surface area contributed by atoms with Crippen LogP contribution in [0.2, 0.25) is 0 Å². The van der Waals surface area contributed by atoms with Crippen LogP contribution in [-0.2, 0) is 9.59 Å². The van der Waals surface area contributed by atoms with Gasteiger partial charge in [0.05, 0.1) is 6.54 Å². The largest absolute Gasteiger partial charge is 0.352 e. The zero-order valence-electron chi connectivity index (χ0n) is 13.6. The van der Waals surface area contributed by atoms with E-state index in [4.69, 9.17) is 0 Å². The monoisotopic (exact) mass is 331 g/mol. The van der Waals surface area contributed by atoms with E-state index in [0.29, 0.717) is 44.3 Å². The Balaban J connectivity index is 1.43. The molecule has 1 aromatic rings. The standard InChI is InChI=1S/C18H22FN3O2/c19-15-3-1-2-14(12-15)4-7-18(24)22-10-8-21(9-11-22)13-17(23)20-16-5-6-16/h1-4,7,12,16H,5-6,8-11,13H2,(H,20,23)/b7-4+. The van der Waals surface area contributed by atoms with Crippen molar-refractivity contribution in [3.63, 3.8) is 0 Å². The van der Waals surface area contributed by atoms with Crippen LogP contribution >= 0.6 is 0 Å².